The summed E-state index contributed by atoms with van der Waals surface area (Å²) in [4.78, 5) is 24.3. The van der Waals surface area contributed by atoms with Crippen LogP contribution in [0, 0.1) is 11.3 Å². The van der Waals surface area contributed by atoms with E-state index in [1.807, 2.05) is 0 Å². The number of methoxy groups -OCH3 is 1. The Hall–Kier alpha value is -0.683. The number of esters is 1. The van der Waals surface area contributed by atoms with Crippen LogP contribution in [0.2, 0.25) is 18.1 Å². The highest BCUT2D eigenvalue weighted by atomic mass is 28.4. The van der Waals surface area contributed by atoms with E-state index < -0.39 is 19.8 Å². The average molecular weight is 284 g/mol. The molecule has 0 heterocycles. The van der Waals surface area contributed by atoms with Crippen molar-refractivity contribution in [3.63, 3.8) is 0 Å². The zero-order valence-electron chi connectivity index (χ0n) is 12.7. The largest absolute Gasteiger partial charge is 0.468 e. The Balaban J connectivity index is 2.11. The number of carbonyl (C=O) groups excluding carboxylic acids is 2. The maximum atomic E-state index is 12.5. The van der Waals surface area contributed by atoms with E-state index in [1.165, 1.54) is 7.11 Å². The van der Waals surface area contributed by atoms with Crippen LogP contribution in [0.3, 0.4) is 0 Å². The van der Waals surface area contributed by atoms with Crippen LogP contribution < -0.4 is 0 Å². The molecule has 0 spiro atoms. The van der Waals surface area contributed by atoms with Crippen LogP contribution in [-0.2, 0) is 18.8 Å². The van der Waals surface area contributed by atoms with E-state index >= 15 is 0 Å². The monoisotopic (exact) mass is 284 g/mol. The van der Waals surface area contributed by atoms with Gasteiger partial charge in [-0.2, -0.15) is 0 Å². The normalized spacial score (nSPS) is 34.1. The minimum Gasteiger partial charge on any atom is -0.468 e. The molecule has 0 amide bonds. The summed E-state index contributed by atoms with van der Waals surface area (Å²) in [5, 5.41) is 0.0679. The molecule has 0 aromatic heterocycles. The number of hydrogen-bond acceptors (Lipinski definition) is 4. The molecule has 19 heavy (non-hydrogen) atoms. The van der Waals surface area contributed by atoms with Gasteiger partial charge in [-0.3, -0.25) is 9.59 Å². The lowest BCUT2D eigenvalue weighted by Crippen LogP contribution is -2.46. The first-order chi connectivity index (χ1) is 8.56. The second kappa shape index (κ2) is 4.15. The highest BCUT2D eigenvalue weighted by Gasteiger charge is 2.73. The van der Waals surface area contributed by atoms with Gasteiger partial charge in [-0.1, -0.05) is 20.8 Å². The standard InChI is InChI=1S/C14H24O4Si/c1-13(2,3)19(5,6)18-10-7-9-8-14(9,11(10)15)12(16)17-4/h9-10H,7-8H2,1-6H3/t9-,10-,14-/m0/s1. The average Bonchev–Trinajstić information content (AvgIpc) is 2.93. The molecule has 4 nitrogen and oxygen atoms in total. The van der Waals surface area contributed by atoms with Crippen molar-refractivity contribution in [3.05, 3.63) is 0 Å². The molecule has 2 aliphatic carbocycles. The zero-order chi connectivity index (χ0) is 14.6. The Morgan fingerprint density at radius 1 is 1.37 bits per heavy atom. The molecule has 108 valence electrons. The van der Waals surface area contributed by atoms with Crippen molar-refractivity contribution in [2.75, 3.05) is 7.11 Å². The van der Waals surface area contributed by atoms with Gasteiger partial charge >= 0.3 is 5.97 Å². The first-order valence-corrected chi connectivity index (χ1v) is 9.77. The summed E-state index contributed by atoms with van der Waals surface area (Å²) >= 11 is 0. The quantitative estimate of drug-likeness (QED) is 0.454. The van der Waals surface area contributed by atoms with Crippen LogP contribution in [0.1, 0.15) is 33.6 Å². The zero-order valence-corrected chi connectivity index (χ0v) is 13.7. The van der Waals surface area contributed by atoms with Crippen molar-refractivity contribution in [1.29, 1.82) is 0 Å². The minimum absolute atomic E-state index is 0.0471. The summed E-state index contributed by atoms with van der Waals surface area (Å²) in [6, 6.07) is 0. The molecule has 0 aromatic rings. The second-order valence-corrected chi connectivity index (χ2v) is 12.1. The highest BCUT2D eigenvalue weighted by molar-refractivity contribution is 6.74. The molecule has 0 N–H and O–H groups in total. The number of rotatable bonds is 3. The first kappa shape index (κ1) is 14.7. The Labute approximate surface area is 116 Å². The summed E-state index contributed by atoms with van der Waals surface area (Å²) in [5.74, 6) is -0.278. The molecule has 0 unspecified atom stereocenters. The summed E-state index contributed by atoms with van der Waals surface area (Å²) in [5.41, 5.74) is -0.859. The number of ketones is 1. The summed E-state index contributed by atoms with van der Waals surface area (Å²) in [6.07, 6.45) is 0.926. The van der Waals surface area contributed by atoms with Gasteiger partial charge in [-0.05, 0) is 36.9 Å². The Morgan fingerprint density at radius 3 is 2.42 bits per heavy atom. The number of fused-ring (bicyclic) bond motifs is 1. The predicted octanol–water partition coefficient (Wildman–Crippen LogP) is 2.53. The lowest BCUT2D eigenvalue weighted by Gasteiger charge is -2.38. The number of hydrogen-bond donors (Lipinski definition) is 0. The van der Waals surface area contributed by atoms with Gasteiger partial charge < -0.3 is 9.16 Å². The molecule has 2 aliphatic rings. The van der Waals surface area contributed by atoms with Crippen molar-refractivity contribution in [2.45, 2.75) is 57.8 Å². The molecular formula is C14H24O4Si. The predicted molar refractivity (Wildman–Crippen MR) is 74.3 cm³/mol. The van der Waals surface area contributed by atoms with E-state index in [2.05, 4.69) is 33.9 Å². The van der Waals surface area contributed by atoms with Gasteiger partial charge in [0.05, 0.1) is 7.11 Å². The molecule has 0 bridgehead atoms. The van der Waals surface area contributed by atoms with E-state index in [0.717, 1.165) is 0 Å². The Kier molecular flexibility index (Phi) is 3.22. The number of carbonyl (C=O) groups is 2. The van der Waals surface area contributed by atoms with Crippen molar-refractivity contribution in [1.82, 2.24) is 0 Å². The van der Waals surface area contributed by atoms with Gasteiger partial charge in [0.2, 0.25) is 0 Å². The molecule has 5 heteroatoms. The van der Waals surface area contributed by atoms with Crippen LogP contribution in [0.5, 0.6) is 0 Å². The summed E-state index contributed by atoms with van der Waals surface area (Å²) < 4.78 is 11.0. The maximum Gasteiger partial charge on any atom is 0.319 e. The SMILES string of the molecule is COC(=O)[C@@]12C[C@@H]1C[C@H](O[Si](C)(C)C(C)(C)C)C2=O. The van der Waals surface area contributed by atoms with Gasteiger partial charge in [0.1, 0.15) is 11.5 Å². The van der Waals surface area contributed by atoms with Gasteiger partial charge in [-0.15, -0.1) is 0 Å². The molecule has 2 fully saturated rings. The third-order valence-corrected chi connectivity index (χ3v) is 9.61. The van der Waals surface area contributed by atoms with Crippen LogP contribution in [0.15, 0.2) is 0 Å². The molecule has 0 aliphatic heterocycles. The smallest absolute Gasteiger partial charge is 0.319 e. The fourth-order valence-corrected chi connectivity index (χ4v) is 4.00. The molecular weight excluding hydrogens is 260 g/mol. The van der Waals surface area contributed by atoms with Gasteiger partial charge in [0.15, 0.2) is 14.1 Å². The van der Waals surface area contributed by atoms with Crippen LogP contribution in [0.25, 0.3) is 0 Å². The third-order valence-electron chi connectivity index (χ3n) is 5.13. The molecule has 0 saturated heterocycles. The molecule has 2 saturated carbocycles. The fourth-order valence-electron chi connectivity index (χ4n) is 2.74. The first-order valence-electron chi connectivity index (χ1n) is 6.87. The van der Waals surface area contributed by atoms with E-state index in [0.29, 0.717) is 12.8 Å². The van der Waals surface area contributed by atoms with Gasteiger partial charge in [0.25, 0.3) is 0 Å². The van der Waals surface area contributed by atoms with E-state index in [1.54, 1.807) is 0 Å². The highest BCUT2D eigenvalue weighted by Crippen LogP contribution is 2.63. The van der Waals surface area contributed by atoms with Gasteiger partial charge in [-0.25, -0.2) is 0 Å². The van der Waals surface area contributed by atoms with Crippen LogP contribution >= 0.6 is 0 Å². The van der Waals surface area contributed by atoms with Crippen LogP contribution in [0.4, 0.5) is 0 Å². The molecule has 2 rings (SSSR count). The minimum atomic E-state index is -1.97. The van der Waals surface area contributed by atoms with Crippen molar-refractivity contribution >= 4 is 20.1 Å². The molecule has 3 atom stereocenters. The Morgan fingerprint density at radius 2 is 1.95 bits per heavy atom. The van der Waals surface area contributed by atoms with E-state index in [9.17, 15) is 9.59 Å². The number of Topliss-reactive ketones (excluding diaryl/α,β-unsaturated/α-hetero) is 1. The summed E-state index contributed by atoms with van der Waals surface area (Å²) in [6.45, 7) is 10.7. The Bertz CT molecular complexity index is 424. The second-order valence-electron chi connectivity index (χ2n) is 7.33. The lowest BCUT2D eigenvalue weighted by atomic mass is 10.0. The van der Waals surface area contributed by atoms with Crippen molar-refractivity contribution in [2.24, 2.45) is 11.3 Å². The van der Waals surface area contributed by atoms with E-state index in [-0.39, 0.29) is 22.7 Å². The number of ether oxygens (including phenoxy) is 1. The van der Waals surface area contributed by atoms with Gasteiger partial charge in [0, 0.05) is 0 Å². The summed E-state index contributed by atoms with van der Waals surface area (Å²) in [7, 11) is -0.623. The fraction of sp³-hybridized carbons (Fsp3) is 0.857. The third kappa shape index (κ3) is 2.07. The topological polar surface area (TPSA) is 52.6 Å². The maximum absolute atomic E-state index is 12.5. The van der Waals surface area contributed by atoms with Crippen molar-refractivity contribution < 1.29 is 18.8 Å². The van der Waals surface area contributed by atoms with E-state index in [4.69, 9.17) is 9.16 Å². The molecule has 0 aromatic carbocycles. The molecule has 0 radical (unpaired) electrons. The van der Waals surface area contributed by atoms with Crippen molar-refractivity contribution in [3.8, 4) is 0 Å². The lowest BCUT2D eigenvalue weighted by molar-refractivity contribution is -0.152. The van der Waals surface area contributed by atoms with Crippen LogP contribution in [-0.4, -0.2) is 33.3 Å².